The molecule has 0 aliphatic rings. The Kier molecular flexibility index (Phi) is 4.74. The van der Waals surface area contributed by atoms with Crippen molar-refractivity contribution in [2.75, 3.05) is 5.73 Å². The molecule has 0 saturated heterocycles. The molecule has 1 heterocycles. The van der Waals surface area contributed by atoms with Gasteiger partial charge in [0.15, 0.2) is 0 Å². The van der Waals surface area contributed by atoms with Gasteiger partial charge in [0.25, 0.3) is 5.56 Å². The van der Waals surface area contributed by atoms with Crippen molar-refractivity contribution in [1.82, 2.24) is 9.13 Å². The van der Waals surface area contributed by atoms with Gasteiger partial charge in [-0.3, -0.25) is 9.36 Å². The summed E-state index contributed by atoms with van der Waals surface area (Å²) in [6.07, 6.45) is 0. The molecular formula is C21H22FN3O2. The van der Waals surface area contributed by atoms with Crippen LogP contribution in [0.3, 0.4) is 0 Å². The first-order valence-electron chi connectivity index (χ1n) is 8.66. The summed E-state index contributed by atoms with van der Waals surface area (Å²) in [6, 6.07) is 14.7. The van der Waals surface area contributed by atoms with Gasteiger partial charge in [-0.1, -0.05) is 57.2 Å². The molecule has 0 amide bonds. The van der Waals surface area contributed by atoms with Crippen LogP contribution in [0.15, 0.2) is 64.2 Å². The third kappa shape index (κ3) is 3.56. The van der Waals surface area contributed by atoms with Crippen LogP contribution in [-0.4, -0.2) is 9.13 Å². The van der Waals surface area contributed by atoms with Crippen LogP contribution in [0, 0.1) is 5.82 Å². The SMILES string of the molecule is CC(C)(C)c1ccccc1-n1c(N)cc(=O)n(Cc2ccccc2F)c1=O. The minimum Gasteiger partial charge on any atom is -0.385 e. The van der Waals surface area contributed by atoms with Gasteiger partial charge >= 0.3 is 5.69 Å². The summed E-state index contributed by atoms with van der Waals surface area (Å²) in [5.74, 6) is -0.422. The zero-order valence-electron chi connectivity index (χ0n) is 15.6. The van der Waals surface area contributed by atoms with Crippen molar-refractivity contribution in [1.29, 1.82) is 0 Å². The second-order valence-electron chi connectivity index (χ2n) is 7.47. The normalized spacial score (nSPS) is 11.6. The van der Waals surface area contributed by atoms with Crippen molar-refractivity contribution in [3.8, 4) is 5.69 Å². The van der Waals surface area contributed by atoms with Crippen LogP contribution in [0.1, 0.15) is 31.9 Å². The maximum Gasteiger partial charge on any atom is 0.337 e. The third-order valence-electron chi connectivity index (χ3n) is 4.46. The van der Waals surface area contributed by atoms with Gasteiger partial charge in [0, 0.05) is 11.6 Å². The molecule has 1 aromatic heterocycles. The van der Waals surface area contributed by atoms with Crippen molar-refractivity contribution in [2.24, 2.45) is 0 Å². The highest BCUT2D eigenvalue weighted by Crippen LogP contribution is 2.28. The van der Waals surface area contributed by atoms with Crippen LogP contribution in [0.5, 0.6) is 0 Å². The van der Waals surface area contributed by atoms with E-state index in [4.69, 9.17) is 5.73 Å². The van der Waals surface area contributed by atoms with Gasteiger partial charge in [-0.15, -0.1) is 0 Å². The van der Waals surface area contributed by atoms with Gasteiger partial charge in [-0.05, 0) is 23.1 Å². The molecule has 0 saturated carbocycles. The van der Waals surface area contributed by atoms with E-state index in [0.717, 1.165) is 10.1 Å². The fraction of sp³-hybridized carbons (Fsp3) is 0.238. The van der Waals surface area contributed by atoms with E-state index in [1.807, 2.05) is 39.0 Å². The molecule has 6 heteroatoms. The van der Waals surface area contributed by atoms with E-state index >= 15 is 0 Å². The summed E-state index contributed by atoms with van der Waals surface area (Å²) in [6.45, 7) is 5.93. The monoisotopic (exact) mass is 367 g/mol. The molecule has 5 nitrogen and oxygen atoms in total. The molecule has 0 aliphatic heterocycles. The largest absolute Gasteiger partial charge is 0.385 e. The van der Waals surface area contributed by atoms with E-state index in [-0.39, 0.29) is 23.3 Å². The molecule has 2 aromatic carbocycles. The van der Waals surface area contributed by atoms with Gasteiger partial charge < -0.3 is 5.73 Å². The zero-order chi connectivity index (χ0) is 19.8. The highest BCUT2D eigenvalue weighted by atomic mass is 19.1. The third-order valence-corrected chi connectivity index (χ3v) is 4.46. The Morgan fingerprint density at radius 2 is 1.63 bits per heavy atom. The number of halogens is 1. The molecule has 0 aliphatic carbocycles. The maximum absolute atomic E-state index is 14.0. The minimum absolute atomic E-state index is 0.0477. The van der Waals surface area contributed by atoms with Crippen molar-refractivity contribution >= 4 is 5.82 Å². The molecule has 2 N–H and O–H groups in total. The molecule has 0 radical (unpaired) electrons. The van der Waals surface area contributed by atoms with Gasteiger partial charge in [0.2, 0.25) is 0 Å². The van der Waals surface area contributed by atoms with Crippen LogP contribution in [-0.2, 0) is 12.0 Å². The number of benzene rings is 2. The lowest BCUT2D eigenvalue weighted by atomic mass is 9.85. The molecule has 0 unspecified atom stereocenters. The Labute approximate surface area is 156 Å². The molecule has 3 rings (SSSR count). The quantitative estimate of drug-likeness (QED) is 0.773. The van der Waals surface area contributed by atoms with Crippen LogP contribution >= 0.6 is 0 Å². The highest BCUT2D eigenvalue weighted by molar-refractivity contribution is 5.50. The van der Waals surface area contributed by atoms with Crippen molar-refractivity contribution < 1.29 is 4.39 Å². The van der Waals surface area contributed by atoms with Crippen molar-refractivity contribution in [2.45, 2.75) is 32.7 Å². The summed E-state index contributed by atoms with van der Waals surface area (Å²) in [4.78, 5) is 25.5. The Bertz CT molecular complexity index is 1110. The van der Waals surface area contributed by atoms with Crippen LogP contribution in [0.25, 0.3) is 5.69 Å². The number of nitrogen functional groups attached to an aromatic ring is 1. The van der Waals surface area contributed by atoms with Crippen molar-refractivity contribution in [3.05, 3.63) is 92.4 Å². The second-order valence-corrected chi connectivity index (χ2v) is 7.47. The second kappa shape index (κ2) is 6.87. The Morgan fingerprint density at radius 1 is 1.00 bits per heavy atom. The van der Waals surface area contributed by atoms with E-state index in [2.05, 4.69) is 0 Å². The zero-order valence-corrected chi connectivity index (χ0v) is 15.6. The number of hydrogen-bond acceptors (Lipinski definition) is 3. The summed E-state index contributed by atoms with van der Waals surface area (Å²) in [7, 11) is 0. The van der Waals surface area contributed by atoms with E-state index in [1.54, 1.807) is 24.3 Å². The van der Waals surface area contributed by atoms with Gasteiger partial charge in [-0.25, -0.2) is 13.8 Å². The predicted molar refractivity (Wildman–Crippen MR) is 105 cm³/mol. The number of anilines is 1. The topological polar surface area (TPSA) is 70.0 Å². The fourth-order valence-corrected chi connectivity index (χ4v) is 3.08. The average Bonchev–Trinajstić information content (AvgIpc) is 2.59. The summed E-state index contributed by atoms with van der Waals surface area (Å²) in [5.41, 5.74) is 6.41. The molecule has 0 fully saturated rings. The number of para-hydroxylation sites is 1. The number of aromatic nitrogens is 2. The van der Waals surface area contributed by atoms with Gasteiger partial charge in [0.1, 0.15) is 11.6 Å². The van der Waals surface area contributed by atoms with Crippen LogP contribution < -0.4 is 17.0 Å². The van der Waals surface area contributed by atoms with Crippen molar-refractivity contribution in [3.63, 3.8) is 0 Å². The Hall–Kier alpha value is -3.15. The number of nitrogens with two attached hydrogens (primary N) is 1. The van der Waals surface area contributed by atoms with E-state index in [9.17, 15) is 14.0 Å². The molecule has 0 spiro atoms. The number of nitrogens with zero attached hydrogens (tertiary/aromatic N) is 2. The smallest absolute Gasteiger partial charge is 0.337 e. The minimum atomic E-state index is -0.597. The molecule has 0 bridgehead atoms. The van der Waals surface area contributed by atoms with E-state index in [1.165, 1.54) is 16.7 Å². The number of hydrogen-bond donors (Lipinski definition) is 1. The van der Waals surface area contributed by atoms with E-state index < -0.39 is 17.1 Å². The average molecular weight is 367 g/mol. The highest BCUT2D eigenvalue weighted by Gasteiger charge is 2.21. The van der Waals surface area contributed by atoms with E-state index in [0.29, 0.717) is 5.69 Å². The standard InChI is InChI=1S/C21H22FN3O2/c1-21(2,3)15-9-5-7-11-17(15)25-18(23)12-19(26)24(20(25)27)13-14-8-4-6-10-16(14)22/h4-12H,13,23H2,1-3H3. The Balaban J connectivity index is 2.25. The lowest BCUT2D eigenvalue weighted by molar-refractivity contribution is 0.574. The molecule has 27 heavy (non-hydrogen) atoms. The van der Waals surface area contributed by atoms with Gasteiger partial charge in [0.05, 0.1) is 12.2 Å². The molecule has 3 aromatic rings. The first kappa shape index (κ1) is 18.6. The Morgan fingerprint density at radius 3 is 2.30 bits per heavy atom. The van der Waals surface area contributed by atoms with Crippen LogP contribution in [0.2, 0.25) is 0 Å². The summed E-state index contributed by atoms with van der Waals surface area (Å²) >= 11 is 0. The lowest BCUT2D eigenvalue weighted by Gasteiger charge is -2.24. The number of rotatable bonds is 3. The fourth-order valence-electron chi connectivity index (χ4n) is 3.08. The van der Waals surface area contributed by atoms with Gasteiger partial charge in [-0.2, -0.15) is 0 Å². The first-order chi connectivity index (χ1) is 12.7. The first-order valence-corrected chi connectivity index (χ1v) is 8.66. The lowest BCUT2D eigenvalue weighted by Crippen LogP contribution is -2.40. The summed E-state index contributed by atoms with van der Waals surface area (Å²) < 4.78 is 16.3. The molecular weight excluding hydrogens is 345 g/mol. The molecule has 140 valence electrons. The van der Waals surface area contributed by atoms with Crippen LogP contribution in [0.4, 0.5) is 10.2 Å². The summed E-state index contributed by atoms with van der Waals surface area (Å²) in [5, 5.41) is 0. The predicted octanol–water partition coefficient (Wildman–Crippen LogP) is 3.07. The molecule has 0 atom stereocenters. The maximum atomic E-state index is 14.0.